The highest BCUT2D eigenvalue weighted by molar-refractivity contribution is 5.79. The zero-order valence-corrected chi connectivity index (χ0v) is 16.9. The third-order valence-corrected chi connectivity index (χ3v) is 3.78. The summed E-state index contributed by atoms with van der Waals surface area (Å²) in [7, 11) is 0. The molecule has 0 aliphatic rings. The zero-order chi connectivity index (χ0) is 21.5. The van der Waals surface area contributed by atoms with Gasteiger partial charge < -0.3 is 15.1 Å². The summed E-state index contributed by atoms with van der Waals surface area (Å²) in [6, 6.07) is 4.93. The molecule has 29 heavy (non-hydrogen) atoms. The van der Waals surface area contributed by atoms with Crippen LogP contribution in [0.1, 0.15) is 50.5 Å². The molecule has 2 N–H and O–H groups in total. The molecule has 8 heteroatoms. The average Bonchev–Trinajstić information content (AvgIpc) is 3.12. The van der Waals surface area contributed by atoms with Crippen LogP contribution in [0, 0.1) is 11.8 Å². The normalized spacial score (nSPS) is 12.3. The Bertz CT molecular complexity index is 899. The number of benzene rings is 1. The van der Waals surface area contributed by atoms with Crippen molar-refractivity contribution in [1.82, 2.24) is 15.6 Å². The standard InChI is InChI=1S/C21H25F3N4O/c1-5-25-19(28-14-18-27-13-17(29-18)20(2,3)4)26-11-7-9-15-8-6-10-16(12-15)21(22,23)24/h6,8,10,12-13H,5,11,14H2,1-4H3,(H2,25,26,28). The molecule has 0 saturated heterocycles. The Kier molecular flexibility index (Phi) is 7.32. The Morgan fingerprint density at radius 3 is 2.59 bits per heavy atom. The topological polar surface area (TPSA) is 62.5 Å². The smallest absolute Gasteiger partial charge is 0.416 e. The van der Waals surface area contributed by atoms with Gasteiger partial charge in [-0.15, -0.1) is 0 Å². The minimum atomic E-state index is -4.38. The van der Waals surface area contributed by atoms with Crippen LogP contribution in [0.25, 0.3) is 0 Å². The van der Waals surface area contributed by atoms with Gasteiger partial charge in [-0.2, -0.15) is 13.2 Å². The predicted molar refractivity (Wildman–Crippen MR) is 106 cm³/mol. The lowest BCUT2D eigenvalue weighted by Crippen LogP contribution is -2.37. The Labute approximate surface area is 168 Å². The third-order valence-electron chi connectivity index (χ3n) is 3.78. The molecule has 0 aliphatic heterocycles. The zero-order valence-electron chi connectivity index (χ0n) is 16.9. The van der Waals surface area contributed by atoms with Crippen LogP contribution in [0.4, 0.5) is 13.2 Å². The van der Waals surface area contributed by atoms with Gasteiger partial charge >= 0.3 is 6.18 Å². The highest BCUT2D eigenvalue weighted by Crippen LogP contribution is 2.29. The number of aromatic nitrogens is 1. The number of guanidine groups is 1. The Balaban J connectivity index is 1.97. The maximum absolute atomic E-state index is 12.7. The number of rotatable bonds is 4. The fourth-order valence-electron chi connectivity index (χ4n) is 2.27. The first-order chi connectivity index (χ1) is 13.6. The Morgan fingerprint density at radius 1 is 1.21 bits per heavy atom. The summed E-state index contributed by atoms with van der Waals surface area (Å²) < 4.78 is 43.9. The molecule has 0 atom stereocenters. The molecule has 0 fully saturated rings. The lowest BCUT2D eigenvalue weighted by atomic mass is 9.94. The van der Waals surface area contributed by atoms with Crippen molar-refractivity contribution < 1.29 is 17.6 Å². The van der Waals surface area contributed by atoms with Crippen LogP contribution in [-0.4, -0.2) is 24.0 Å². The molecule has 0 radical (unpaired) electrons. The quantitative estimate of drug-likeness (QED) is 0.456. The van der Waals surface area contributed by atoms with Crippen molar-refractivity contribution in [3.63, 3.8) is 0 Å². The van der Waals surface area contributed by atoms with Crippen molar-refractivity contribution in [3.8, 4) is 11.8 Å². The van der Waals surface area contributed by atoms with Gasteiger partial charge in [0.05, 0.1) is 18.3 Å². The van der Waals surface area contributed by atoms with Crippen LogP contribution in [0.2, 0.25) is 0 Å². The maximum atomic E-state index is 12.7. The van der Waals surface area contributed by atoms with Crippen LogP contribution < -0.4 is 10.6 Å². The van der Waals surface area contributed by atoms with Gasteiger partial charge in [0, 0.05) is 17.5 Å². The van der Waals surface area contributed by atoms with E-state index in [9.17, 15) is 13.2 Å². The van der Waals surface area contributed by atoms with Gasteiger partial charge in [-0.05, 0) is 25.1 Å². The van der Waals surface area contributed by atoms with E-state index < -0.39 is 11.7 Å². The molecule has 1 heterocycles. The molecule has 0 saturated carbocycles. The number of nitrogens with zero attached hydrogens (tertiary/aromatic N) is 2. The van der Waals surface area contributed by atoms with E-state index in [0.717, 1.165) is 17.9 Å². The summed E-state index contributed by atoms with van der Waals surface area (Å²) in [5.74, 6) is 7.33. The summed E-state index contributed by atoms with van der Waals surface area (Å²) in [5.41, 5.74) is -0.540. The molecule has 1 aromatic carbocycles. The third kappa shape index (κ3) is 7.18. The van der Waals surface area contributed by atoms with Gasteiger partial charge in [-0.25, -0.2) is 9.98 Å². The van der Waals surface area contributed by atoms with Crippen molar-refractivity contribution in [2.24, 2.45) is 4.99 Å². The largest absolute Gasteiger partial charge is 0.443 e. The molecule has 0 bridgehead atoms. The van der Waals surface area contributed by atoms with E-state index in [1.807, 2.05) is 27.7 Å². The van der Waals surface area contributed by atoms with Gasteiger partial charge in [-0.3, -0.25) is 0 Å². The van der Waals surface area contributed by atoms with Crippen LogP contribution in [-0.2, 0) is 18.1 Å². The number of oxazole rings is 1. The number of alkyl halides is 3. The van der Waals surface area contributed by atoms with Crippen LogP contribution in [0.15, 0.2) is 39.9 Å². The van der Waals surface area contributed by atoms with Crippen molar-refractivity contribution >= 4 is 5.96 Å². The first-order valence-corrected chi connectivity index (χ1v) is 9.23. The van der Waals surface area contributed by atoms with Gasteiger partial charge in [0.2, 0.25) is 5.89 Å². The van der Waals surface area contributed by atoms with Crippen molar-refractivity contribution in [3.05, 3.63) is 53.2 Å². The lowest BCUT2D eigenvalue weighted by Gasteiger charge is -2.13. The number of hydrogen-bond acceptors (Lipinski definition) is 3. The van der Waals surface area contributed by atoms with E-state index >= 15 is 0 Å². The van der Waals surface area contributed by atoms with Crippen LogP contribution in [0.5, 0.6) is 0 Å². The number of halogens is 3. The lowest BCUT2D eigenvalue weighted by molar-refractivity contribution is -0.137. The highest BCUT2D eigenvalue weighted by atomic mass is 19.4. The molecule has 0 unspecified atom stereocenters. The van der Waals surface area contributed by atoms with Crippen molar-refractivity contribution in [1.29, 1.82) is 0 Å². The van der Waals surface area contributed by atoms with E-state index in [4.69, 9.17) is 4.42 Å². The van der Waals surface area contributed by atoms with Gasteiger partial charge in [-0.1, -0.05) is 38.7 Å². The summed E-state index contributed by atoms with van der Waals surface area (Å²) >= 11 is 0. The second-order valence-electron chi connectivity index (χ2n) is 7.30. The van der Waals surface area contributed by atoms with E-state index in [1.54, 1.807) is 6.20 Å². The molecule has 0 aliphatic carbocycles. The molecule has 156 valence electrons. The summed E-state index contributed by atoms with van der Waals surface area (Å²) in [6.45, 7) is 9.16. The maximum Gasteiger partial charge on any atom is 0.416 e. The second-order valence-corrected chi connectivity index (χ2v) is 7.30. The van der Waals surface area contributed by atoms with Crippen LogP contribution in [0.3, 0.4) is 0 Å². The Hall–Kier alpha value is -2.95. The highest BCUT2D eigenvalue weighted by Gasteiger charge is 2.30. The van der Waals surface area contributed by atoms with E-state index in [1.165, 1.54) is 12.1 Å². The molecule has 2 aromatic rings. The Morgan fingerprint density at radius 2 is 1.97 bits per heavy atom. The minimum absolute atomic E-state index is 0.128. The molecule has 0 spiro atoms. The van der Waals surface area contributed by atoms with Crippen LogP contribution >= 0.6 is 0 Å². The number of nitrogens with one attached hydrogen (secondary N) is 2. The fraction of sp³-hybridized carbons (Fsp3) is 0.429. The average molecular weight is 406 g/mol. The van der Waals surface area contributed by atoms with E-state index in [0.29, 0.717) is 24.0 Å². The van der Waals surface area contributed by atoms with E-state index in [2.05, 4.69) is 32.5 Å². The van der Waals surface area contributed by atoms with E-state index in [-0.39, 0.29) is 18.5 Å². The monoisotopic (exact) mass is 406 g/mol. The summed E-state index contributed by atoms with van der Waals surface area (Å²) in [5, 5.41) is 6.09. The summed E-state index contributed by atoms with van der Waals surface area (Å²) in [6.07, 6.45) is -2.68. The number of hydrogen-bond donors (Lipinski definition) is 2. The number of aliphatic imine (C=N–C) groups is 1. The molecule has 2 rings (SSSR count). The first-order valence-electron chi connectivity index (χ1n) is 9.23. The van der Waals surface area contributed by atoms with Crippen molar-refractivity contribution in [2.45, 2.75) is 45.8 Å². The molecular formula is C21H25F3N4O. The fourth-order valence-corrected chi connectivity index (χ4v) is 2.27. The van der Waals surface area contributed by atoms with Crippen molar-refractivity contribution in [2.75, 3.05) is 13.1 Å². The summed E-state index contributed by atoms with van der Waals surface area (Å²) in [4.78, 5) is 8.62. The molecule has 5 nitrogen and oxygen atoms in total. The first kappa shape index (κ1) is 22.3. The second kappa shape index (κ2) is 9.50. The molecule has 1 aromatic heterocycles. The minimum Gasteiger partial charge on any atom is -0.443 e. The van der Waals surface area contributed by atoms with Gasteiger partial charge in [0.25, 0.3) is 0 Å². The molecular weight excluding hydrogens is 381 g/mol. The predicted octanol–water partition coefficient (Wildman–Crippen LogP) is 4.10. The van der Waals surface area contributed by atoms with Gasteiger partial charge in [0.1, 0.15) is 12.3 Å². The van der Waals surface area contributed by atoms with Gasteiger partial charge in [0.15, 0.2) is 5.96 Å². The SMILES string of the molecule is CCNC(=NCc1ncc(C(C)(C)C)o1)NCC#Cc1cccc(C(F)(F)F)c1. The molecule has 0 amide bonds.